The van der Waals surface area contributed by atoms with Gasteiger partial charge in [-0.15, -0.1) is 16.9 Å². The van der Waals surface area contributed by atoms with Crippen molar-refractivity contribution in [2.75, 3.05) is 26.2 Å². The molecule has 2 aromatic carbocycles. The summed E-state index contributed by atoms with van der Waals surface area (Å²) >= 11 is 1.57. The zero-order valence-corrected chi connectivity index (χ0v) is 20.6. The minimum absolute atomic E-state index is 0.0627. The third-order valence-electron chi connectivity index (χ3n) is 6.23. The molecule has 5 rings (SSSR count). The van der Waals surface area contributed by atoms with E-state index in [9.17, 15) is 4.79 Å². The monoisotopic (exact) mass is 489 g/mol. The number of para-hydroxylation sites is 1. The van der Waals surface area contributed by atoms with Crippen molar-refractivity contribution in [1.29, 1.82) is 0 Å². The van der Waals surface area contributed by atoms with Crippen LogP contribution in [0.2, 0.25) is 0 Å². The van der Waals surface area contributed by atoms with E-state index in [4.69, 9.17) is 4.52 Å². The maximum atomic E-state index is 13.4. The first-order valence-electron chi connectivity index (χ1n) is 11.6. The lowest BCUT2D eigenvalue weighted by molar-refractivity contribution is 0.0624. The summed E-state index contributed by atoms with van der Waals surface area (Å²) < 4.78 is 7.02. The van der Waals surface area contributed by atoms with Gasteiger partial charge in [0.15, 0.2) is 5.82 Å². The van der Waals surface area contributed by atoms with Crippen molar-refractivity contribution in [3.05, 3.63) is 83.0 Å². The Morgan fingerprint density at radius 2 is 1.74 bits per heavy atom. The molecule has 1 aliphatic rings. The lowest BCUT2D eigenvalue weighted by Gasteiger charge is -2.35. The van der Waals surface area contributed by atoms with Crippen LogP contribution in [0.15, 0.2) is 64.0 Å². The Morgan fingerprint density at radius 3 is 2.49 bits per heavy atom. The number of piperazine rings is 1. The third kappa shape index (κ3) is 5.13. The standard InChI is InChI=1S/C25H27N7O2S/c1-18-22(19(2)34-27-18)16-30-12-14-31(15-13-30)25(33)21-10-6-7-11-23(21)35-17-24-26-28-29-32(24)20-8-4-3-5-9-20/h3-11H,12-17H2,1-2H3. The Kier molecular flexibility index (Phi) is 6.91. The summed E-state index contributed by atoms with van der Waals surface area (Å²) in [6.07, 6.45) is 0. The summed E-state index contributed by atoms with van der Waals surface area (Å²) in [4.78, 5) is 18.6. The van der Waals surface area contributed by atoms with Crippen LogP contribution in [0.3, 0.4) is 0 Å². The summed E-state index contributed by atoms with van der Waals surface area (Å²) in [6, 6.07) is 17.6. The molecule has 0 saturated carbocycles. The van der Waals surface area contributed by atoms with Crippen LogP contribution in [-0.2, 0) is 12.3 Å². The number of hydrogen-bond acceptors (Lipinski definition) is 8. The first-order chi connectivity index (χ1) is 17.1. The molecule has 4 aromatic rings. The zero-order chi connectivity index (χ0) is 24.2. The smallest absolute Gasteiger partial charge is 0.255 e. The van der Waals surface area contributed by atoms with Crippen molar-refractivity contribution in [2.24, 2.45) is 0 Å². The number of tetrazole rings is 1. The molecule has 2 aromatic heterocycles. The molecular weight excluding hydrogens is 462 g/mol. The summed E-state index contributed by atoms with van der Waals surface area (Å²) in [5.41, 5.74) is 3.71. The largest absolute Gasteiger partial charge is 0.361 e. The van der Waals surface area contributed by atoms with Gasteiger partial charge in [0.1, 0.15) is 5.76 Å². The van der Waals surface area contributed by atoms with Gasteiger partial charge in [-0.05, 0) is 48.5 Å². The SMILES string of the molecule is Cc1noc(C)c1CN1CCN(C(=O)c2ccccc2SCc2nnnn2-c2ccccc2)CC1. The average molecular weight is 490 g/mol. The van der Waals surface area contributed by atoms with Gasteiger partial charge in [-0.25, -0.2) is 0 Å². The first kappa shape index (κ1) is 23.3. The van der Waals surface area contributed by atoms with E-state index in [1.54, 1.807) is 16.4 Å². The van der Waals surface area contributed by atoms with Crippen LogP contribution in [-0.4, -0.2) is 67.2 Å². The van der Waals surface area contributed by atoms with Gasteiger partial charge in [0, 0.05) is 43.2 Å². The van der Waals surface area contributed by atoms with Crippen LogP contribution in [0.25, 0.3) is 5.69 Å². The number of carbonyl (C=O) groups excluding carboxylic acids is 1. The quantitative estimate of drug-likeness (QED) is 0.364. The topological polar surface area (TPSA) is 93.2 Å². The van der Waals surface area contributed by atoms with Crippen LogP contribution in [0.1, 0.15) is 33.2 Å². The number of rotatable bonds is 7. The second-order valence-corrected chi connectivity index (χ2v) is 9.52. The molecule has 1 saturated heterocycles. The number of aromatic nitrogens is 5. The van der Waals surface area contributed by atoms with E-state index in [-0.39, 0.29) is 5.91 Å². The van der Waals surface area contributed by atoms with Gasteiger partial charge in [-0.1, -0.05) is 35.5 Å². The Hall–Kier alpha value is -3.50. The van der Waals surface area contributed by atoms with Crippen molar-refractivity contribution < 1.29 is 9.32 Å². The van der Waals surface area contributed by atoms with Gasteiger partial charge < -0.3 is 9.42 Å². The average Bonchev–Trinajstić information content (AvgIpc) is 3.50. The molecule has 10 heteroatoms. The third-order valence-corrected chi connectivity index (χ3v) is 7.30. The van der Waals surface area contributed by atoms with Gasteiger partial charge in [0.25, 0.3) is 5.91 Å². The number of amides is 1. The molecule has 1 fully saturated rings. The van der Waals surface area contributed by atoms with Crippen LogP contribution in [0.5, 0.6) is 0 Å². The molecule has 0 spiro atoms. The number of aryl methyl sites for hydroxylation is 2. The maximum Gasteiger partial charge on any atom is 0.255 e. The summed E-state index contributed by atoms with van der Waals surface area (Å²) in [7, 11) is 0. The highest BCUT2D eigenvalue weighted by Gasteiger charge is 2.25. The fourth-order valence-corrected chi connectivity index (χ4v) is 5.16. The number of nitrogens with zero attached hydrogens (tertiary/aromatic N) is 7. The maximum absolute atomic E-state index is 13.4. The Bertz CT molecular complexity index is 1280. The van der Waals surface area contributed by atoms with Crippen molar-refractivity contribution >= 4 is 17.7 Å². The number of carbonyl (C=O) groups is 1. The van der Waals surface area contributed by atoms with Crippen molar-refractivity contribution in [2.45, 2.75) is 31.0 Å². The zero-order valence-electron chi connectivity index (χ0n) is 19.8. The molecule has 1 amide bonds. The van der Waals surface area contributed by atoms with E-state index in [0.717, 1.165) is 58.6 Å². The van der Waals surface area contributed by atoms with Crippen LogP contribution >= 0.6 is 11.8 Å². The fourth-order valence-electron chi connectivity index (χ4n) is 4.21. The van der Waals surface area contributed by atoms with Crippen LogP contribution in [0.4, 0.5) is 0 Å². The fraction of sp³-hybridized carbons (Fsp3) is 0.320. The van der Waals surface area contributed by atoms with Gasteiger partial charge >= 0.3 is 0 Å². The Balaban J connectivity index is 1.23. The number of hydrogen-bond donors (Lipinski definition) is 0. The molecule has 9 nitrogen and oxygen atoms in total. The lowest BCUT2D eigenvalue weighted by atomic mass is 10.1. The minimum Gasteiger partial charge on any atom is -0.361 e. The predicted molar refractivity (Wildman–Crippen MR) is 132 cm³/mol. The highest BCUT2D eigenvalue weighted by molar-refractivity contribution is 7.98. The van der Waals surface area contributed by atoms with E-state index >= 15 is 0 Å². The highest BCUT2D eigenvalue weighted by Crippen LogP contribution is 2.27. The number of benzene rings is 2. The molecular formula is C25H27N7O2S. The molecule has 0 radical (unpaired) electrons. The molecule has 0 atom stereocenters. The first-order valence-corrected chi connectivity index (χ1v) is 12.6. The van der Waals surface area contributed by atoms with E-state index in [1.165, 1.54) is 0 Å². The Labute approximate surface area is 208 Å². The predicted octanol–water partition coefficient (Wildman–Crippen LogP) is 3.52. The van der Waals surface area contributed by atoms with E-state index in [0.29, 0.717) is 18.8 Å². The van der Waals surface area contributed by atoms with Gasteiger partial charge in [-0.2, -0.15) is 4.68 Å². The molecule has 0 aliphatic carbocycles. The Morgan fingerprint density at radius 1 is 1.00 bits per heavy atom. The molecule has 3 heterocycles. The van der Waals surface area contributed by atoms with Crippen molar-refractivity contribution in [1.82, 2.24) is 35.2 Å². The molecule has 35 heavy (non-hydrogen) atoms. The lowest BCUT2D eigenvalue weighted by Crippen LogP contribution is -2.48. The molecule has 180 valence electrons. The highest BCUT2D eigenvalue weighted by atomic mass is 32.2. The second-order valence-electron chi connectivity index (χ2n) is 8.50. The minimum atomic E-state index is 0.0627. The second kappa shape index (κ2) is 10.4. The molecule has 0 bridgehead atoms. The summed E-state index contributed by atoms with van der Waals surface area (Å²) in [5.74, 6) is 2.21. The summed E-state index contributed by atoms with van der Waals surface area (Å²) in [6.45, 7) is 7.72. The van der Waals surface area contributed by atoms with Gasteiger partial charge in [0.2, 0.25) is 0 Å². The summed E-state index contributed by atoms with van der Waals surface area (Å²) in [5, 5.41) is 16.2. The normalized spacial score (nSPS) is 14.4. The molecule has 1 aliphatic heterocycles. The van der Waals surface area contributed by atoms with E-state index in [2.05, 4.69) is 25.6 Å². The van der Waals surface area contributed by atoms with E-state index in [1.807, 2.05) is 73.3 Å². The van der Waals surface area contributed by atoms with E-state index < -0.39 is 0 Å². The van der Waals surface area contributed by atoms with Crippen LogP contribution in [0, 0.1) is 13.8 Å². The van der Waals surface area contributed by atoms with Gasteiger partial charge in [-0.3, -0.25) is 9.69 Å². The van der Waals surface area contributed by atoms with Crippen molar-refractivity contribution in [3.8, 4) is 5.69 Å². The molecule has 0 unspecified atom stereocenters. The van der Waals surface area contributed by atoms with Crippen LogP contribution < -0.4 is 0 Å². The molecule has 0 N–H and O–H groups in total. The van der Waals surface area contributed by atoms with Crippen molar-refractivity contribution in [3.63, 3.8) is 0 Å². The van der Waals surface area contributed by atoms with Gasteiger partial charge in [0.05, 0.1) is 22.7 Å². The number of thioether (sulfide) groups is 1.